The lowest BCUT2D eigenvalue weighted by atomic mass is 9.69. The van der Waals surface area contributed by atoms with Crippen LogP contribution in [0.25, 0.3) is 0 Å². The van der Waals surface area contributed by atoms with E-state index in [0.717, 1.165) is 44.9 Å². The van der Waals surface area contributed by atoms with E-state index in [2.05, 4.69) is 32.2 Å². The molecule has 0 saturated heterocycles. The van der Waals surface area contributed by atoms with Gasteiger partial charge in [-0.3, -0.25) is 0 Å². The molecule has 0 unspecified atom stereocenters. The quantitative estimate of drug-likeness (QED) is 0.465. The van der Waals surface area contributed by atoms with Gasteiger partial charge in [-0.25, -0.2) is 0 Å². The van der Waals surface area contributed by atoms with E-state index in [-0.39, 0.29) is 18.8 Å². The maximum Gasteiger partial charge on any atom is 0.0866 e. The van der Waals surface area contributed by atoms with Crippen LogP contribution in [-0.2, 0) is 0 Å². The molecule has 1 aromatic carbocycles. The normalized spacial score (nSPS) is 28.2. The average molecular weight is 365 g/mol. The van der Waals surface area contributed by atoms with Crippen LogP contribution in [0.1, 0.15) is 51.9 Å². The highest BCUT2D eigenvalue weighted by atomic mass is 28.3. The van der Waals surface area contributed by atoms with Gasteiger partial charge in [0, 0.05) is 12.0 Å². The van der Waals surface area contributed by atoms with Gasteiger partial charge in [0.25, 0.3) is 0 Å². The summed E-state index contributed by atoms with van der Waals surface area (Å²) in [6.07, 6.45) is 6.42. The van der Waals surface area contributed by atoms with Crippen molar-refractivity contribution in [3.05, 3.63) is 30.3 Å². The first kappa shape index (κ1) is 20.6. The lowest BCUT2D eigenvalue weighted by molar-refractivity contribution is -0.104. The summed E-state index contributed by atoms with van der Waals surface area (Å²) in [5, 5.41) is 33.7. The zero-order valence-electron chi connectivity index (χ0n) is 16.2. The van der Waals surface area contributed by atoms with Crippen molar-refractivity contribution in [2.24, 2.45) is 5.41 Å². The van der Waals surface area contributed by atoms with Gasteiger partial charge in [-0.1, -0.05) is 74.8 Å². The molecule has 3 nitrogen and oxygen atoms in total. The number of hydrogen-bond acceptors (Lipinski definition) is 3. The van der Waals surface area contributed by atoms with Crippen molar-refractivity contribution in [2.45, 2.75) is 76.1 Å². The lowest BCUT2D eigenvalue weighted by Gasteiger charge is -2.51. The first-order valence-electron chi connectivity index (χ1n) is 9.87. The van der Waals surface area contributed by atoms with E-state index in [4.69, 9.17) is 0 Å². The fourth-order valence-electron chi connectivity index (χ4n) is 5.22. The predicted octanol–water partition coefficient (Wildman–Crippen LogP) is 3.44. The van der Waals surface area contributed by atoms with Crippen LogP contribution in [0.4, 0.5) is 0 Å². The summed E-state index contributed by atoms with van der Waals surface area (Å²) in [7, 11) is -2.07. The van der Waals surface area contributed by atoms with Crippen LogP contribution in [0.2, 0.25) is 18.6 Å². The van der Waals surface area contributed by atoms with Crippen LogP contribution in [0, 0.1) is 5.41 Å². The molecular formula is C21H36O3Si. The maximum atomic E-state index is 11.6. The van der Waals surface area contributed by atoms with Crippen LogP contribution in [0.3, 0.4) is 0 Å². The predicted molar refractivity (Wildman–Crippen MR) is 107 cm³/mol. The highest BCUT2D eigenvalue weighted by molar-refractivity contribution is 6.91. The molecule has 2 rings (SSSR count). The number of rotatable bonds is 9. The zero-order chi connectivity index (χ0) is 18.6. The van der Waals surface area contributed by atoms with Gasteiger partial charge in [-0.05, 0) is 31.2 Å². The highest BCUT2D eigenvalue weighted by Crippen LogP contribution is 2.58. The van der Waals surface area contributed by atoms with Crippen molar-refractivity contribution >= 4 is 13.3 Å². The third-order valence-electron chi connectivity index (χ3n) is 6.85. The molecule has 4 heteroatoms. The fourth-order valence-corrected chi connectivity index (χ4v) is 9.01. The molecule has 3 N–H and O–H groups in total. The topological polar surface area (TPSA) is 60.7 Å². The third kappa shape index (κ3) is 3.73. The largest absolute Gasteiger partial charge is 0.396 e. The molecule has 0 bridgehead atoms. The Bertz CT molecular complexity index is 533. The van der Waals surface area contributed by atoms with Crippen LogP contribution >= 0.6 is 0 Å². The molecule has 142 valence electrons. The van der Waals surface area contributed by atoms with Crippen molar-refractivity contribution in [3.8, 4) is 0 Å². The molecule has 0 spiro atoms. The second kappa shape index (κ2) is 8.34. The van der Waals surface area contributed by atoms with E-state index >= 15 is 0 Å². The summed E-state index contributed by atoms with van der Waals surface area (Å²) in [4.78, 5) is 0. The number of aliphatic hydroxyl groups excluding tert-OH is 2. The molecule has 0 radical (unpaired) electrons. The minimum Gasteiger partial charge on any atom is -0.396 e. The number of unbranched alkanes of at least 4 members (excludes halogenated alkanes) is 2. The van der Waals surface area contributed by atoms with Crippen LogP contribution in [0.5, 0.6) is 0 Å². The van der Waals surface area contributed by atoms with Gasteiger partial charge in [0.05, 0.1) is 20.3 Å². The minimum absolute atomic E-state index is 0.0325. The van der Waals surface area contributed by atoms with Gasteiger partial charge in [-0.2, -0.15) is 0 Å². The summed E-state index contributed by atoms with van der Waals surface area (Å²) in [5.41, 5.74) is -1.49. The molecular weight excluding hydrogens is 328 g/mol. The molecule has 1 aliphatic carbocycles. The summed E-state index contributed by atoms with van der Waals surface area (Å²) >= 11 is 0. The van der Waals surface area contributed by atoms with Crippen molar-refractivity contribution in [2.75, 3.05) is 13.2 Å². The summed E-state index contributed by atoms with van der Waals surface area (Å²) in [6, 6.07) is 10.4. The van der Waals surface area contributed by atoms with Gasteiger partial charge in [0.1, 0.15) is 0 Å². The van der Waals surface area contributed by atoms with Crippen molar-refractivity contribution in [1.82, 2.24) is 0 Å². The molecule has 1 aromatic rings. The molecule has 0 heterocycles. The maximum absolute atomic E-state index is 11.6. The zero-order valence-corrected chi connectivity index (χ0v) is 17.2. The number of hydrogen-bond donors (Lipinski definition) is 3. The highest BCUT2D eigenvalue weighted by Gasteiger charge is 2.60. The molecule has 25 heavy (non-hydrogen) atoms. The van der Waals surface area contributed by atoms with Gasteiger partial charge in [-0.15, -0.1) is 0 Å². The lowest BCUT2D eigenvalue weighted by Crippen LogP contribution is -2.60. The van der Waals surface area contributed by atoms with Gasteiger partial charge < -0.3 is 15.3 Å². The third-order valence-corrected chi connectivity index (χ3v) is 11.2. The summed E-state index contributed by atoms with van der Waals surface area (Å²) in [5.74, 6) is 0. The molecule has 1 fully saturated rings. The van der Waals surface area contributed by atoms with E-state index < -0.39 is 19.1 Å². The number of aliphatic hydroxyl groups is 3. The Morgan fingerprint density at radius 1 is 1.08 bits per heavy atom. The van der Waals surface area contributed by atoms with Crippen molar-refractivity contribution < 1.29 is 15.3 Å². The second-order valence-electron chi connectivity index (χ2n) is 8.48. The smallest absolute Gasteiger partial charge is 0.0866 e. The van der Waals surface area contributed by atoms with Crippen LogP contribution < -0.4 is 5.19 Å². The van der Waals surface area contributed by atoms with Gasteiger partial charge in [0.2, 0.25) is 0 Å². The standard InChI is InChI=1S/C21H36O3Si/c1-4-5-9-14-21(24)15-10-13-20(21,17-23)19(16-22)25(2,3)18-11-7-6-8-12-18/h6-8,11-12,19,22-24H,4-5,9-10,13-17H2,1-3H3/t19-,20-,21-/m0/s1. The van der Waals surface area contributed by atoms with Crippen LogP contribution in [0.15, 0.2) is 30.3 Å². The second-order valence-corrected chi connectivity index (χ2v) is 13.2. The molecule has 1 aliphatic rings. The first-order valence-corrected chi connectivity index (χ1v) is 13.0. The summed E-state index contributed by atoms with van der Waals surface area (Å²) < 4.78 is 0. The van der Waals surface area contributed by atoms with E-state index in [0.29, 0.717) is 0 Å². The summed E-state index contributed by atoms with van der Waals surface area (Å²) in [6.45, 7) is 6.70. The first-order chi connectivity index (χ1) is 11.9. The minimum atomic E-state index is -2.07. The molecule has 0 aromatic heterocycles. The Labute approximate surface area is 154 Å². The van der Waals surface area contributed by atoms with E-state index in [1.165, 1.54) is 5.19 Å². The SMILES string of the molecule is CCCCC[C@]1(O)CCC[C@]1(CO)[C@H](CO)[Si](C)(C)c1ccccc1. The van der Waals surface area contributed by atoms with E-state index in [9.17, 15) is 15.3 Å². The monoisotopic (exact) mass is 364 g/mol. The molecule has 3 atom stereocenters. The Morgan fingerprint density at radius 2 is 1.76 bits per heavy atom. The Balaban J connectivity index is 2.40. The molecule has 0 amide bonds. The van der Waals surface area contributed by atoms with Crippen molar-refractivity contribution in [3.63, 3.8) is 0 Å². The van der Waals surface area contributed by atoms with E-state index in [1.54, 1.807) is 0 Å². The Morgan fingerprint density at radius 3 is 2.32 bits per heavy atom. The van der Waals surface area contributed by atoms with Crippen LogP contribution in [-0.4, -0.2) is 42.2 Å². The fraction of sp³-hybridized carbons (Fsp3) is 0.714. The number of benzene rings is 1. The van der Waals surface area contributed by atoms with Crippen molar-refractivity contribution in [1.29, 1.82) is 0 Å². The van der Waals surface area contributed by atoms with Gasteiger partial charge >= 0.3 is 0 Å². The Hall–Kier alpha value is -0.683. The molecule has 1 saturated carbocycles. The van der Waals surface area contributed by atoms with E-state index in [1.807, 2.05) is 18.2 Å². The average Bonchev–Trinajstić information content (AvgIpc) is 2.94. The van der Waals surface area contributed by atoms with Gasteiger partial charge in [0.15, 0.2) is 0 Å². The Kier molecular flexibility index (Phi) is 6.88. The molecule has 0 aliphatic heterocycles.